The number of sulfonamides is 1. The summed E-state index contributed by atoms with van der Waals surface area (Å²) in [5, 5.41) is 0. The van der Waals surface area contributed by atoms with E-state index in [1.807, 2.05) is 29.8 Å². The summed E-state index contributed by atoms with van der Waals surface area (Å²) >= 11 is 0. The third-order valence-electron chi connectivity index (χ3n) is 7.25. The molecule has 0 unspecified atom stereocenters. The predicted octanol–water partition coefficient (Wildman–Crippen LogP) is 4.86. The van der Waals surface area contributed by atoms with E-state index in [1.54, 1.807) is 6.92 Å². The number of hydrogen-bond donors (Lipinski definition) is 2. The molecule has 3 N–H and O–H groups in total. The normalized spacial score (nSPS) is 18.2. The van der Waals surface area contributed by atoms with Crippen molar-refractivity contribution in [3.05, 3.63) is 87.5 Å². The van der Waals surface area contributed by atoms with Crippen molar-refractivity contribution in [2.45, 2.75) is 56.5 Å². The summed E-state index contributed by atoms with van der Waals surface area (Å²) in [7, 11) is -4.52. The first kappa shape index (κ1) is 27.6. The number of nitrogens with two attached hydrogens (primary N) is 1. The molecule has 1 fully saturated rings. The van der Waals surface area contributed by atoms with Crippen molar-refractivity contribution < 1.29 is 21.6 Å². The maximum absolute atomic E-state index is 15.3. The largest absolute Gasteiger partial charge is 0.420 e. The number of benzene rings is 2. The van der Waals surface area contributed by atoms with Crippen LogP contribution in [0.1, 0.15) is 55.3 Å². The summed E-state index contributed by atoms with van der Waals surface area (Å²) in [6.07, 6.45) is 4.05. The van der Waals surface area contributed by atoms with E-state index in [2.05, 4.69) is 16.8 Å². The first-order valence-corrected chi connectivity index (χ1v) is 14.4. The average Bonchev–Trinajstić information content (AvgIpc) is 3.22. The monoisotopic (exact) mass is 566 g/mol. The molecule has 5 rings (SSSR count). The van der Waals surface area contributed by atoms with Crippen molar-refractivity contribution in [2.75, 3.05) is 4.72 Å². The smallest absolute Gasteiger partial charge is 0.408 e. The van der Waals surface area contributed by atoms with Crippen LogP contribution < -0.4 is 16.2 Å². The van der Waals surface area contributed by atoms with Crippen LogP contribution in [0, 0.1) is 36.4 Å². The second kappa shape index (κ2) is 10.9. The highest BCUT2D eigenvalue weighted by Gasteiger charge is 2.26. The summed E-state index contributed by atoms with van der Waals surface area (Å²) in [6, 6.07) is 10.4. The van der Waals surface area contributed by atoms with Crippen molar-refractivity contribution >= 4 is 26.9 Å². The second-order valence-corrected chi connectivity index (χ2v) is 11.6. The van der Waals surface area contributed by atoms with Crippen LogP contribution in [0.4, 0.5) is 14.6 Å². The Morgan fingerprint density at radius 3 is 2.65 bits per heavy atom. The fourth-order valence-corrected chi connectivity index (χ4v) is 6.20. The van der Waals surface area contributed by atoms with Crippen LogP contribution in [0.15, 0.2) is 62.6 Å². The third-order valence-corrected chi connectivity index (χ3v) is 8.62. The zero-order valence-electron chi connectivity index (χ0n) is 21.9. The standard InChI is InChI=1S/C29H28F2N4O4S/c1-17-7-5-9-21(20(17)14-13-19-8-3-4-10-23(19)32)18(2)35-24-15-22(30)26(16-25(24)39-29(35)36)40(37,38)34-28-12-6-11-27(31)33-28/h5-7,9,11-12,15-16,18-19,23H,3-4,8,10,32H2,1-2H3,(H,33,34)/t18-,19+,23+/m1/s1. The number of aromatic nitrogens is 2. The zero-order chi connectivity index (χ0) is 28.6. The summed E-state index contributed by atoms with van der Waals surface area (Å²) in [4.78, 5) is 15.7. The van der Waals surface area contributed by atoms with Gasteiger partial charge in [0.05, 0.1) is 11.6 Å². The van der Waals surface area contributed by atoms with E-state index in [-0.39, 0.29) is 28.9 Å². The van der Waals surface area contributed by atoms with Crippen molar-refractivity contribution in [3.8, 4) is 11.8 Å². The number of oxazole rings is 1. The molecule has 0 amide bonds. The Hall–Kier alpha value is -4.01. The summed E-state index contributed by atoms with van der Waals surface area (Å²) in [5.74, 6) is 3.57. The number of aryl methyl sites for hydroxylation is 1. The van der Waals surface area contributed by atoms with Gasteiger partial charge in [0.25, 0.3) is 10.0 Å². The number of halogens is 2. The molecule has 0 saturated heterocycles. The van der Waals surface area contributed by atoms with Gasteiger partial charge >= 0.3 is 5.76 Å². The highest BCUT2D eigenvalue weighted by molar-refractivity contribution is 7.92. The maximum atomic E-state index is 15.3. The summed E-state index contributed by atoms with van der Waals surface area (Å²) in [6.45, 7) is 3.69. The fourth-order valence-electron chi connectivity index (χ4n) is 5.12. The Morgan fingerprint density at radius 2 is 1.90 bits per heavy atom. The quantitative estimate of drug-likeness (QED) is 0.263. The van der Waals surface area contributed by atoms with Gasteiger partial charge in [-0.05, 0) is 49.9 Å². The van der Waals surface area contributed by atoms with Gasteiger partial charge in [-0.25, -0.2) is 22.6 Å². The van der Waals surface area contributed by atoms with Crippen molar-refractivity contribution in [3.63, 3.8) is 0 Å². The minimum Gasteiger partial charge on any atom is -0.408 e. The molecule has 2 aromatic heterocycles. The van der Waals surface area contributed by atoms with Gasteiger partial charge in [0, 0.05) is 29.7 Å². The van der Waals surface area contributed by atoms with Crippen LogP contribution in [-0.4, -0.2) is 24.0 Å². The molecule has 1 aliphatic rings. The van der Waals surface area contributed by atoms with E-state index >= 15 is 4.39 Å². The highest BCUT2D eigenvalue weighted by atomic mass is 32.2. The van der Waals surface area contributed by atoms with Crippen LogP contribution >= 0.6 is 0 Å². The second-order valence-electron chi connectivity index (χ2n) is 9.98. The molecule has 2 heterocycles. The number of nitrogens with zero attached hydrogens (tertiary/aromatic N) is 2. The number of fused-ring (bicyclic) bond motifs is 1. The molecule has 8 nitrogen and oxygen atoms in total. The molecule has 1 aliphatic carbocycles. The Balaban J connectivity index is 1.54. The van der Waals surface area contributed by atoms with E-state index in [0.29, 0.717) is 0 Å². The molecule has 0 radical (unpaired) electrons. The van der Waals surface area contributed by atoms with E-state index in [4.69, 9.17) is 10.2 Å². The van der Waals surface area contributed by atoms with Gasteiger partial charge in [-0.15, -0.1) is 0 Å². The minimum atomic E-state index is -4.52. The number of pyridine rings is 1. The Bertz CT molecular complexity index is 1820. The van der Waals surface area contributed by atoms with Crippen LogP contribution in [0.3, 0.4) is 0 Å². The first-order valence-electron chi connectivity index (χ1n) is 12.9. The SMILES string of the molecule is Cc1cccc([C@@H](C)n2c(=O)oc3cc(S(=O)(=O)Nc4cccc(F)n4)c(F)cc32)c1C#C[C@@H]1CCCC[C@@H]1N. The van der Waals surface area contributed by atoms with Crippen LogP contribution in [0.25, 0.3) is 11.1 Å². The molecule has 3 atom stereocenters. The van der Waals surface area contributed by atoms with E-state index in [1.165, 1.54) is 16.7 Å². The Labute approximate surface area is 230 Å². The topological polar surface area (TPSA) is 120 Å². The Morgan fingerprint density at radius 1 is 1.15 bits per heavy atom. The van der Waals surface area contributed by atoms with Crippen LogP contribution in [-0.2, 0) is 10.0 Å². The molecular formula is C29H28F2N4O4S. The number of anilines is 1. The highest BCUT2D eigenvalue weighted by Crippen LogP contribution is 2.30. The van der Waals surface area contributed by atoms with Gasteiger partial charge in [0.15, 0.2) is 5.58 Å². The molecular weight excluding hydrogens is 538 g/mol. The minimum absolute atomic E-state index is 0.0196. The summed E-state index contributed by atoms with van der Waals surface area (Å²) in [5.41, 5.74) is 8.63. The first-order chi connectivity index (χ1) is 19.0. The van der Waals surface area contributed by atoms with Crippen molar-refractivity contribution in [1.29, 1.82) is 0 Å². The van der Waals surface area contributed by atoms with Gasteiger partial charge in [-0.2, -0.15) is 4.39 Å². The molecule has 0 spiro atoms. The molecule has 208 valence electrons. The van der Waals surface area contributed by atoms with E-state index < -0.39 is 38.5 Å². The third kappa shape index (κ3) is 5.37. The predicted molar refractivity (Wildman–Crippen MR) is 147 cm³/mol. The lowest BCUT2D eigenvalue weighted by Crippen LogP contribution is -2.32. The molecule has 40 heavy (non-hydrogen) atoms. The Kier molecular flexibility index (Phi) is 7.49. The van der Waals surface area contributed by atoms with Gasteiger partial charge in [0.1, 0.15) is 16.5 Å². The molecule has 0 bridgehead atoms. The number of hydrogen-bond acceptors (Lipinski definition) is 6. The average molecular weight is 567 g/mol. The van der Waals surface area contributed by atoms with Gasteiger partial charge in [-0.1, -0.05) is 48.9 Å². The fraction of sp³-hybridized carbons (Fsp3) is 0.310. The maximum Gasteiger partial charge on any atom is 0.420 e. The van der Waals surface area contributed by atoms with Gasteiger partial charge < -0.3 is 10.2 Å². The molecule has 4 aromatic rings. The van der Waals surface area contributed by atoms with Gasteiger partial charge in [-0.3, -0.25) is 9.29 Å². The molecule has 0 aliphatic heterocycles. The lowest BCUT2D eigenvalue weighted by Gasteiger charge is -2.24. The zero-order valence-corrected chi connectivity index (χ0v) is 22.8. The van der Waals surface area contributed by atoms with Crippen LogP contribution in [0.5, 0.6) is 0 Å². The lowest BCUT2D eigenvalue weighted by atomic mass is 9.85. The number of rotatable bonds is 5. The molecule has 11 heteroatoms. The molecule has 1 saturated carbocycles. The molecule has 2 aromatic carbocycles. The van der Waals surface area contributed by atoms with Crippen molar-refractivity contribution in [1.82, 2.24) is 9.55 Å². The van der Waals surface area contributed by atoms with E-state index in [9.17, 15) is 17.6 Å². The number of nitrogens with one attached hydrogen (secondary N) is 1. The van der Waals surface area contributed by atoms with Gasteiger partial charge in [0.2, 0.25) is 5.95 Å². The van der Waals surface area contributed by atoms with Crippen molar-refractivity contribution in [2.24, 2.45) is 11.7 Å². The van der Waals surface area contributed by atoms with E-state index in [0.717, 1.165) is 60.6 Å². The van der Waals surface area contributed by atoms with Crippen LogP contribution in [0.2, 0.25) is 0 Å². The lowest BCUT2D eigenvalue weighted by molar-refractivity contribution is 0.372. The summed E-state index contributed by atoms with van der Waals surface area (Å²) < 4.78 is 63.1.